The van der Waals surface area contributed by atoms with Crippen molar-refractivity contribution < 1.29 is 24.9 Å². The topological polar surface area (TPSA) is 94.8 Å². The van der Waals surface area contributed by atoms with Crippen LogP contribution in [0, 0.1) is 0 Å². The average molecular weight is 381 g/mol. The highest BCUT2D eigenvalue weighted by Gasteiger charge is 2.13. The van der Waals surface area contributed by atoms with Gasteiger partial charge in [-0.05, 0) is 18.6 Å². The van der Waals surface area contributed by atoms with Gasteiger partial charge in [0.05, 0.1) is 11.1 Å². The van der Waals surface area contributed by atoms with E-state index in [1.54, 1.807) is 0 Å². The number of aliphatic hydroxyl groups excluding tert-OH is 1. The third-order valence-corrected chi connectivity index (χ3v) is 4.40. The lowest BCUT2D eigenvalue weighted by molar-refractivity contribution is 0.0651. The lowest BCUT2D eigenvalue weighted by Crippen LogP contribution is -2.06. The summed E-state index contributed by atoms with van der Waals surface area (Å²) < 4.78 is 0. The molecule has 0 aliphatic carbocycles. The molecule has 0 fully saturated rings. The van der Waals surface area contributed by atoms with Crippen molar-refractivity contribution in [1.29, 1.82) is 0 Å². The fourth-order valence-electron chi connectivity index (χ4n) is 2.81. The second kappa shape index (κ2) is 17.5. The van der Waals surface area contributed by atoms with Gasteiger partial charge < -0.3 is 15.3 Å². The molecule has 1 rings (SSSR count). The zero-order chi connectivity index (χ0) is 20.3. The molecule has 0 heterocycles. The van der Waals surface area contributed by atoms with E-state index in [9.17, 15) is 9.59 Å². The lowest BCUT2D eigenvalue weighted by atomic mass is 10.1. The van der Waals surface area contributed by atoms with E-state index < -0.39 is 11.9 Å². The van der Waals surface area contributed by atoms with E-state index in [2.05, 4.69) is 6.92 Å². The SMILES string of the molecule is CCCCCCCCCCCCCCO.O=C(O)c1ccccc1C(=O)O. The maximum Gasteiger partial charge on any atom is 0.336 e. The normalized spacial score (nSPS) is 10.1. The van der Waals surface area contributed by atoms with Gasteiger partial charge in [0.15, 0.2) is 0 Å². The highest BCUT2D eigenvalue weighted by atomic mass is 16.4. The van der Waals surface area contributed by atoms with Crippen molar-refractivity contribution in [1.82, 2.24) is 0 Å². The molecule has 0 amide bonds. The van der Waals surface area contributed by atoms with Crippen molar-refractivity contribution in [2.45, 2.75) is 84.0 Å². The van der Waals surface area contributed by atoms with Crippen LogP contribution in [0.2, 0.25) is 0 Å². The number of benzene rings is 1. The molecular weight excluding hydrogens is 344 g/mol. The van der Waals surface area contributed by atoms with Crippen LogP contribution in [0.3, 0.4) is 0 Å². The second-order valence-electron chi connectivity index (χ2n) is 6.77. The van der Waals surface area contributed by atoms with Crippen molar-refractivity contribution in [3.63, 3.8) is 0 Å². The molecule has 154 valence electrons. The molecule has 27 heavy (non-hydrogen) atoms. The summed E-state index contributed by atoms with van der Waals surface area (Å²) >= 11 is 0. The third kappa shape index (κ3) is 13.9. The maximum absolute atomic E-state index is 10.5. The minimum absolute atomic E-state index is 0.190. The molecule has 0 aliphatic rings. The van der Waals surface area contributed by atoms with Gasteiger partial charge >= 0.3 is 11.9 Å². The molecule has 0 atom stereocenters. The number of unbranched alkanes of at least 4 members (excludes halogenated alkanes) is 11. The summed E-state index contributed by atoms with van der Waals surface area (Å²) in [6, 6.07) is 5.48. The van der Waals surface area contributed by atoms with E-state index in [4.69, 9.17) is 15.3 Å². The number of carboxylic acids is 2. The molecule has 1 aromatic rings. The van der Waals surface area contributed by atoms with Crippen LogP contribution in [0.4, 0.5) is 0 Å². The van der Waals surface area contributed by atoms with Crippen molar-refractivity contribution in [2.24, 2.45) is 0 Å². The van der Waals surface area contributed by atoms with Crippen LogP contribution < -0.4 is 0 Å². The highest BCUT2D eigenvalue weighted by molar-refractivity contribution is 6.01. The van der Waals surface area contributed by atoms with Gasteiger partial charge in [-0.1, -0.05) is 89.7 Å². The van der Waals surface area contributed by atoms with Gasteiger partial charge in [-0.25, -0.2) is 9.59 Å². The number of hydrogen-bond acceptors (Lipinski definition) is 3. The van der Waals surface area contributed by atoms with E-state index in [-0.39, 0.29) is 11.1 Å². The summed E-state index contributed by atoms with van der Waals surface area (Å²) in [5.41, 5.74) is -0.380. The molecule has 0 aromatic heterocycles. The summed E-state index contributed by atoms with van der Waals surface area (Å²) in [6.07, 6.45) is 16.2. The average Bonchev–Trinajstić information content (AvgIpc) is 2.66. The Morgan fingerprint density at radius 2 is 1.00 bits per heavy atom. The zero-order valence-electron chi connectivity index (χ0n) is 16.7. The van der Waals surface area contributed by atoms with Gasteiger partial charge in [0.2, 0.25) is 0 Å². The predicted molar refractivity (Wildman–Crippen MR) is 109 cm³/mol. The molecule has 3 N–H and O–H groups in total. The molecule has 1 aromatic carbocycles. The highest BCUT2D eigenvalue weighted by Crippen LogP contribution is 2.11. The number of rotatable bonds is 14. The number of carboxylic acid groups (broad SMARTS) is 2. The van der Waals surface area contributed by atoms with E-state index in [1.165, 1.54) is 94.9 Å². The van der Waals surface area contributed by atoms with Gasteiger partial charge in [-0.3, -0.25) is 0 Å². The Hall–Kier alpha value is -1.88. The van der Waals surface area contributed by atoms with Crippen molar-refractivity contribution in [3.8, 4) is 0 Å². The van der Waals surface area contributed by atoms with Crippen molar-refractivity contribution >= 4 is 11.9 Å². The van der Waals surface area contributed by atoms with Crippen LogP contribution in [0.25, 0.3) is 0 Å². The van der Waals surface area contributed by atoms with Crippen LogP contribution in [-0.4, -0.2) is 33.9 Å². The zero-order valence-corrected chi connectivity index (χ0v) is 16.7. The Balaban J connectivity index is 0.000000511. The number of carbonyl (C=O) groups is 2. The predicted octanol–water partition coefficient (Wildman–Crippen LogP) is 5.76. The summed E-state index contributed by atoms with van der Waals surface area (Å²) in [4.78, 5) is 20.9. The van der Waals surface area contributed by atoms with Gasteiger partial charge in [0, 0.05) is 6.61 Å². The molecule has 0 unspecified atom stereocenters. The van der Waals surface area contributed by atoms with Gasteiger partial charge in [-0.2, -0.15) is 0 Å². The Morgan fingerprint density at radius 1 is 0.667 bits per heavy atom. The second-order valence-corrected chi connectivity index (χ2v) is 6.77. The van der Waals surface area contributed by atoms with Gasteiger partial charge in [-0.15, -0.1) is 0 Å². The third-order valence-electron chi connectivity index (χ3n) is 4.40. The van der Waals surface area contributed by atoms with E-state index in [1.807, 2.05) is 0 Å². The van der Waals surface area contributed by atoms with Crippen LogP contribution in [0.5, 0.6) is 0 Å². The quantitative estimate of drug-likeness (QED) is 0.356. The standard InChI is InChI=1S/C14H30O.C8H6O4/c1-2-3-4-5-6-7-8-9-10-11-12-13-14-15;9-7(10)5-3-1-2-4-6(5)8(11)12/h15H,2-14H2,1H3;1-4H,(H,9,10)(H,11,12). The Kier molecular flexibility index (Phi) is 16.3. The first-order chi connectivity index (χ1) is 13.0. The molecule has 5 heteroatoms. The Morgan fingerprint density at radius 3 is 1.30 bits per heavy atom. The number of hydrogen-bond donors (Lipinski definition) is 3. The fraction of sp³-hybridized carbons (Fsp3) is 0.636. The van der Waals surface area contributed by atoms with Crippen LogP contribution >= 0.6 is 0 Å². The van der Waals surface area contributed by atoms with Crippen molar-refractivity contribution in [3.05, 3.63) is 35.4 Å². The van der Waals surface area contributed by atoms with E-state index >= 15 is 0 Å². The minimum Gasteiger partial charge on any atom is -0.478 e. The molecule has 0 aliphatic heterocycles. The lowest BCUT2D eigenvalue weighted by Gasteiger charge is -2.01. The summed E-state index contributed by atoms with van der Waals surface area (Å²) in [5.74, 6) is -2.46. The molecular formula is C22H36O5. The van der Waals surface area contributed by atoms with Crippen LogP contribution in [-0.2, 0) is 0 Å². The summed E-state index contributed by atoms with van der Waals surface area (Å²) in [5, 5.41) is 25.7. The number of aromatic carboxylic acids is 2. The largest absolute Gasteiger partial charge is 0.478 e. The Bertz CT molecular complexity index is 468. The smallest absolute Gasteiger partial charge is 0.336 e. The van der Waals surface area contributed by atoms with Crippen LogP contribution in [0.1, 0.15) is 105 Å². The van der Waals surface area contributed by atoms with E-state index in [0.29, 0.717) is 6.61 Å². The monoisotopic (exact) mass is 380 g/mol. The molecule has 0 spiro atoms. The maximum atomic E-state index is 10.5. The van der Waals surface area contributed by atoms with Crippen molar-refractivity contribution in [2.75, 3.05) is 6.61 Å². The fourth-order valence-corrected chi connectivity index (χ4v) is 2.81. The summed E-state index contributed by atoms with van der Waals surface area (Å²) in [7, 11) is 0. The molecule has 0 saturated heterocycles. The number of aliphatic hydroxyl groups is 1. The molecule has 0 bridgehead atoms. The first-order valence-electron chi connectivity index (χ1n) is 10.2. The Labute approximate surface area is 163 Å². The molecule has 5 nitrogen and oxygen atoms in total. The molecule has 0 radical (unpaired) electrons. The first kappa shape index (κ1) is 25.1. The van der Waals surface area contributed by atoms with Crippen LogP contribution in [0.15, 0.2) is 24.3 Å². The minimum atomic E-state index is -1.23. The van der Waals surface area contributed by atoms with Gasteiger partial charge in [0.1, 0.15) is 0 Å². The van der Waals surface area contributed by atoms with E-state index in [0.717, 1.165) is 6.42 Å². The summed E-state index contributed by atoms with van der Waals surface area (Å²) in [6.45, 7) is 2.64. The van der Waals surface area contributed by atoms with Gasteiger partial charge in [0.25, 0.3) is 0 Å². The molecule has 0 saturated carbocycles. The first-order valence-corrected chi connectivity index (χ1v) is 10.2.